The second-order valence-corrected chi connectivity index (χ2v) is 5.12. The summed E-state index contributed by atoms with van der Waals surface area (Å²) < 4.78 is 0. The van der Waals surface area contributed by atoms with Crippen LogP contribution in [-0.4, -0.2) is 22.5 Å². The largest absolute Gasteiger partial charge is 0.326 e. The number of carbonyl (C=O) groups is 2. The zero-order valence-electron chi connectivity index (χ0n) is 13.0. The van der Waals surface area contributed by atoms with E-state index in [9.17, 15) is 9.59 Å². The van der Waals surface area contributed by atoms with Crippen LogP contribution in [0.1, 0.15) is 29.3 Å². The van der Waals surface area contributed by atoms with Crippen LogP contribution in [0.4, 0.5) is 5.69 Å². The standard InChI is InChI=1S/C17H18N4O2/c1-12-5-3-7-15(9-12)19-16(22)10-13(2)20-21-17(23)14-6-4-8-18-11-14/h3-9,11H,10H2,1-2H3,(H,19,22)(H,21,23)/b20-13-. The van der Waals surface area contributed by atoms with Crippen LogP contribution in [0.25, 0.3) is 0 Å². The van der Waals surface area contributed by atoms with E-state index < -0.39 is 0 Å². The zero-order valence-corrected chi connectivity index (χ0v) is 13.0. The number of hydrogen-bond acceptors (Lipinski definition) is 4. The molecule has 118 valence electrons. The summed E-state index contributed by atoms with van der Waals surface area (Å²) in [6, 6.07) is 10.8. The Kier molecular flexibility index (Phi) is 5.57. The van der Waals surface area contributed by atoms with Gasteiger partial charge in [-0.1, -0.05) is 12.1 Å². The van der Waals surface area contributed by atoms with Crippen molar-refractivity contribution in [1.82, 2.24) is 10.4 Å². The van der Waals surface area contributed by atoms with Crippen molar-refractivity contribution in [2.24, 2.45) is 5.10 Å². The lowest BCUT2D eigenvalue weighted by molar-refractivity contribution is -0.115. The number of amides is 2. The summed E-state index contributed by atoms with van der Waals surface area (Å²) >= 11 is 0. The number of anilines is 1. The molecule has 0 fully saturated rings. The van der Waals surface area contributed by atoms with Crippen LogP contribution < -0.4 is 10.7 Å². The molecule has 0 spiro atoms. The SMILES string of the molecule is C/C(CC(=O)Nc1cccc(C)c1)=N/NC(=O)c1cccnc1. The highest BCUT2D eigenvalue weighted by molar-refractivity contribution is 6.06. The van der Waals surface area contributed by atoms with E-state index in [0.29, 0.717) is 11.3 Å². The van der Waals surface area contributed by atoms with Gasteiger partial charge in [-0.15, -0.1) is 0 Å². The van der Waals surface area contributed by atoms with Crippen molar-refractivity contribution in [3.05, 3.63) is 59.9 Å². The summed E-state index contributed by atoms with van der Waals surface area (Å²) in [5, 5.41) is 6.72. The van der Waals surface area contributed by atoms with E-state index in [1.807, 2.05) is 31.2 Å². The molecule has 0 aliphatic carbocycles. The van der Waals surface area contributed by atoms with Crippen LogP contribution in [0.15, 0.2) is 53.9 Å². The minimum absolute atomic E-state index is 0.0985. The third-order valence-corrected chi connectivity index (χ3v) is 2.99. The van der Waals surface area contributed by atoms with Crippen LogP contribution in [0.2, 0.25) is 0 Å². The fourth-order valence-electron chi connectivity index (χ4n) is 1.91. The van der Waals surface area contributed by atoms with E-state index in [0.717, 1.165) is 11.3 Å². The molecule has 0 unspecified atom stereocenters. The average Bonchev–Trinajstić information content (AvgIpc) is 2.53. The second kappa shape index (κ2) is 7.84. The number of rotatable bonds is 5. The molecule has 23 heavy (non-hydrogen) atoms. The normalized spacial score (nSPS) is 11.0. The fourth-order valence-corrected chi connectivity index (χ4v) is 1.91. The third kappa shape index (κ3) is 5.35. The topological polar surface area (TPSA) is 83.5 Å². The van der Waals surface area contributed by atoms with Gasteiger partial charge in [0.15, 0.2) is 0 Å². The highest BCUT2D eigenvalue weighted by Gasteiger charge is 2.07. The van der Waals surface area contributed by atoms with Crippen LogP contribution in [0, 0.1) is 6.92 Å². The highest BCUT2D eigenvalue weighted by atomic mass is 16.2. The lowest BCUT2D eigenvalue weighted by Gasteiger charge is -2.06. The first-order chi connectivity index (χ1) is 11.0. The molecular weight excluding hydrogens is 292 g/mol. The number of carbonyl (C=O) groups excluding carboxylic acids is 2. The molecule has 6 nitrogen and oxygen atoms in total. The molecule has 2 rings (SSSR count). The van der Waals surface area contributed by atoms with Crippen LogP contribution in [0.3, 0.4) is 0 Å². The molecule has 0 aliphatic heterocycles. The molecule has 1 aromatic carbocycles. The van der Waals surface area contributed by atoms with Gasteiger partial charge in [-0.2, -0.15) is 5.10 Å². The van der Waals surface area contributed by atoms with Crippen LogP contribution >= 0.6 is 0 Å². The van der Waals surface area contributed by atoms with Crippen molar-refractivity contribution < 1.29 is 9.59 Å². The Morgan fingerprint density at radius 1 is 1.22 bits per heavy atom. The molecular formula is C17H18N4O2. The summed E-state index contributed by atoms with van der Waals surface area (Å²) in [7, 11) is 0. The number of hydrogen-bond donors (Lipinski definition) is 2. The van der Waals surface area contributed by atoms with Gasteiger partial charge >= 0.3 is 0 Å². The lowest BCUT2D eigenvalue weighted by Crippen LogP contribution is -2.21. The average molecular weight is 310 g/mol. The number of pyridine rings is 1. The van der Waals surface area contributed by atoms with Gasteiger partial charge in [-0.25, -0.2) is 5.43 Å². The van der Waals surface area contributed by atoms with Crippen molar-refractivity contribution in [2.75, 3.05) is 5.32 Å². The Labute approximate surface area is 134 Å². The maximum Gasteiger partial charge on any atom is 0.272 e. The Hall–Kier alpha value is -3.02. The van der Waals surface area contributed by atoms with Crippen molar-refractivity contribution in [3.8, 4) is 0 Å². The number of aryl methyl sites for hydroxylation is 1. The number of nitrogens with one attached hydrogen (secondary N) is 2. The van der Waals surface area contributed by atoms with Gasteiger partial charge in [0.05, 0.1) is 12.0 Å². The number of nitrogens with zero attached hydrogens (tertiary/aromatic N) is 2. The Morgan fingerprint density at radius 2 is 2.04 bits per heavy atom. The first kappa shape index (κ1) is 16.4. The maximum atomic E-state index is 11.9. The summed E-state index contributed by atoms with van der Waals surface area (Å²) in [6.07, 6.45) is 3.13. The Balaban J connectivity index is 1.87. The second-order valence-electron chi connectivity index (χ2n) is 5.12. The molecule has 0 aliphatic rings. The number of aromatic nitrogens is 1. The molecule has 2 amide bonds. The molecule has 0 saturated heterocycles. The summed E-state index contributed by atoms with van der Waals surface area (Å²) in [5.41, 5.74) is 5.13. The van der Waals surface area contributed by atoms with Gasteiger partial charge in [0, 0.05) is 23.8 Å². The zero-order chi connectivity index (χ0) is 16.7. The maximum absolute atomic E-state index is 11.9. The molecule has 0 radical (unpaired) electrons. The van der Waals surface area contributed by atoms with Crippen LogP contribution in [-0.2, 0) is 4.79 Å². The molecule has 2 aromatic rings. The van der Waals surface area contributed by atoms with Gasteiger partial charge in [-0.3, -0.25) is 14.6 Å². The van der Waals surface area contributed by atoms with Crippen molar-refractivity contribution in [2.45, 2.75) is 20.3 Å². The summed E-state index contributed by atoms with van der Waals surface area (Å²) in [5.74, 6) is -0.552. The minimum Gasteiger partial charge on any atom is -0.326 e. The number of benzene rings is 1. The van der Waals surface area contributed by atoms with Crippen LogP contribution in [0.5, 0.6) is 0 Å². The quantitative estimate of drug-likeness (QED) is 0.657. The fraction of sp³-hybridized carbons (Fsp3) is 0.176. The van der Waals surface area contributed by atoms with E-state index in [-0.39, 0.29) is 18.2 Å². The molecule has 0 atom stereocenters. The third-order valence-electron chi connectivity index (χ3n) is 2.99. The minimum atomic E-state index is -0.364. The Morgan fingerprint density at radius 3 is 2.74 bits per heavy atom. The van der Waals surface area contributed by atoms with Gasteiger partial charge in [0.1, 0.15) is 0 Å². The van der Waals surface area contributed by atoms with E-state index in [1.54, 1.807) is 25.3 Å². The van der Waals surface area contributed by atoms with Crippen molar-refractivity contribution in [3.63, 3.8) is 0 Å². The predicted molar refractivity (Wildman–Crippen MR) is 89.2 cm³/mol. The molecule has 2 N–H and O–H groups in total. The van der Waals surface area contributed by atoms with Gasteiger partial charge in [0.2, 0.25) is 5.91 Å². The first-order valence-electron chi connectivity index (χ1n) is 7.14. The lowest BCUT2D eigenvalue weighted by atomic mass is 10.2. The van der Waals surface area contributed by atoms with E-state index in [2.05, 4.69) is 20.8 Å². The molecule has 0 saturated carbocycles. The molecule has 1 aromatic heterocycles. The van der Waals surface area contributed by atoms with Gasteiger partial charge < -0.3 is 5.32 Å². The van der Waals surface area contributed by atoms with Gasteiger partial charge in [0.25, 0.3) is 5.91 Å². The monoisotopic (exact) mass is 310 g/mol. The van der Waals surface area contributed by atoms with E-state index in [1.165, 1.54) is 6.20 Å². The summed E-state index contributed by atoms with van der Waals surface area (Å²) in [6.45, 7) is 3.63. The number of hydrazone groups is 1. The van der Waals surface area contributed by atoms with Gasteiger partial charge in [-0.05, 0) is 43.7 Å². The molecule has 6 heteroatoms. The van der Waals surface area contributed by atoms with Crippen molar-refractivity contribution in [1.29, 1.82) is 0 Å². The van der Waals surface area contributed by atoms with Crippen molar-refractivity contribution >= 4 is 23.2 Å². The molecule has 1 heterocycles. The molecule has 0 bridgehead atoms. The van der Waals surface area contributed by atoms with E-state index in [4.69, 9.17) is 0 Å². The summed E-state index contributed by atoms with van der Waals surface area (Å²) in [4.78, 5) is 27.6. The van der Waals surface area contributed by atoms with E-state index >= 15 is 0 Å². The highest BCUT2D eigenvalue weighted by Crippen LogP contribution is 2.09. The predicted octanol–water partition coefficient (Wildman–Crippen LogP) is 2.52. The Bertz CT molecular complexity index is 726. The first-order valence-corrected chi connectivity index (χ1v) is 7.14. The smallest absolute Gasteiger partial charge is 0.272 e.